The third-order valence-electron chi connectivity index (χ3n) is 6.48. The molecular weight excluding hydrogens is 520 g/mol. The number of alkyl halides is 2. The van der Waals surface area contributed by atoms with Gasteiger partial charge >= 0.3 is 12.2 Å². The summed E-state index contributed by atoms with van der Waals surface area (Å²) in [6, 6.07) is 10.1. The molecule has 216 valence electrons. The average molecular weight is 558 g/mol. The van der Waals surface area contributed by atoms with Gasteiger partial charge in [-0.3, -0.25) is 4.79 Å². The molecule has 11 heteroatoms. The van der Waals surface area contributed by atoms with Gasteiger partial charge in [0.15, 0.2) is 5.65 Å². The Morgan fingerprint density at radius 2 is 1.88 bits per heavy atom. The van der Waals surface area contributed by atoms with Gasteiger partial charge in [-0.15, -0.1) is 0 Å². The standard InChI is InChI=1S/C29H37F2N5O4/c1-28(2,3)40-27(38)35-16-6-7-21(18-35)17-33-25(37)14-13-24-34-23-8-5-15-32-26(23)36(24)19-20-9-11-22(12-10-20)39-29(4,30)31/h5,8-12,15,21H,6-7,13-14,16-19H2,1-4H3,(H,33,37)/t21-/m1/s1. The van der Waals surface area contributed by atoms with Crippen molar-refractivity contribution < 1.29 is 27.8 Å². The molecule has 1 fully saturated rings. The third kappa shape index (κ3) is 8.37. The van der Waals surface area contributed by atoms with Crippen LogP contribution < -0.4 is 10.1 Å². The first-order valence-corrected chi connectivity index (χ1v) is 13.6. The number of pyridine rings is 1. The predicted molar refractivity (Wildman–Crippen MR) is 146 cm³/mol. The molecular formula is C29H37F2N5O4. The molecule has 1 aliphatic heterocycles. The first kappa shape index (κ1) is 29.2. The predicted octanol–water partition coefficient (Wildman–Crippen LogP) is 5.17. The number of halogens is 2. The molecule has 40 heavy (non-hydrogen) atoms. The van der Waals surface area contributed by atoms with Gasteiger partial charge in [-0.2, -0.15) is 8.78 Å². The zero-order valence-corrected chi connectivity index (χ0v) is 23.5. The van der Waals surface area contributed by atoms with E-state index in [4.69, 9.17) is 9.72 Å². The minimum Gasteiger partial charge on any atom is -0.444 e. The van der Waals surface area contributed by atoms with Gasteiger partial charge in [0.2, 0.25) is 5.91 Å². The lowest BCUT2D eigenvalue weighted by Gasteiger charge is -2.34. The van der Waals surface area contributed by atoms with Crippen molar-refractivity contribution in [3.05, 3.63) is 54.0 Å². The van der Waals surface area contributed by atoms with E-state index >= 15 is 0 Å². The molecule has 3 heterocycles. The van der Waals surface area contributed by atoms with E-state index in [0.717, 1.165) is 18.4 Å². The Bertz CT molecular complexity index is 1310. The monoisotopic (exact) mass is 557 g/mol. The number of carbonyl (C=O) groups is 2. The quantitative estimate of drug-likeness (QED) is 0.390. The fourth-order valence-electron chi connectivity index (χ4n) is 4.71. The Labute approximate surface area is 232 Å². The van der Waals surface area contributed by atoms with Crippen LogP contribution in [0.25, 0.3) is 11.2 Å². The van der Waals surface area contributed by atoms with E-state index < -0.39 is 11.7 Å². The summed E-state index contributed by atoms with van der Waals surface area (Å²) in [7, 11) is 0. The summed E-state index contributed by atoms with van der Waals surface area (Å²) in [5.41, 5.74) is 1.71. The maximum atomic E-state index is 13.2. The van der Waals surface area contributed by atoms with Gasteiger partial charge in [-0.1, -0.05) is 12.1 Å². The fourth-order valence-corrected chi connectivity index (χ4v) is 4.71. The minimum atomic E-state index is -3.26. The number of rotatable bonds is 9. The van der Waals surface area contributed by atoms with Gasteiger partial charge in [-0.05, 0) is 69.4 Å². The first-order valence-electron chi connectivity index (χ1n) is 13.6. The third-order valence-corrected chi connectivity index (χ3v) is 6.48. The van der Waals surface area contributed by atoms with E-state index in [1.807, 2.05) is 31.4 Å². The Kier molecular flexibility index (Phi) is 8.90. The smallest absolute Gasteiger partial charge is 0.410 e. The van der Waals surface area contributed by atoms with Crippen LogP contribution in [-0.4, -0.2) is 62.8 Å². The van der Waals surface area contributed by atoms with E-state index in [0.29, 0.717) is 56.5 Å². The van der Waals surface area contributed by atoms with Crippen molar-refractivity contribution in [2.45, 2.75) is 71.6 Å². The number of benzene rings is 1. The Balaban J connectivity index is 1.34. The summed E-state index contributed by atoms with van der Waals surface area (Å²) >= 11 is 0. The highest BCUT2D eigenvalue weighted by Crippen LogP contribution is 2.23. The number of carbonyl (C=O) groups excluding carboxylic acids is 2. The van der Waals surface area contributed by atoms with Crippen molar-refractivity contribution >= 4 is 23.2 Å². The number of hydrogen-bond acceptors (Lipinski definition) is 6. The highest BCUT2D eigenvalue weighted by molar-refractivity contribution is 5.76. The highest BCUT2D eigenvalue weighted by atomic mass is 19.3. The lowest BCUT2D eigenvalue weighted by molar-refractivity contribution is -0.159. The molecule has 1 aromatic carbocycles. The molecule has 2 aromatic heterocycles. The van der Waals surface area contributed by atoms with Crippen LogP contribution in [0.15, 0.2) is 42.6 Å². The van der Waals surface area contributed by atoms with Gasteiger partial charge in [0.25, 0.3) is 0 Å². The molecule has 0 aliphatic carbocycles. The number of piperidine rings is 1. The Morgan fingerprint density at radius 3 is 2.58 bits per heavy atom. The number of aryl methyl sites for hydroxylation is 1. The maximum Gasteiger partial charge on any atom is 0.410 e. The largest absolute Gasteiger partial charge is 0.444 e. The number of nitrogens with one attached hydrogen (secondary N) is 1. The van der Waals surface area contributed by atoms with Gasteiger partial charge in [0.05, 0.1) is 6.54 Å². The summed E-state index contributed by atoms with van der Waals surface area (Å²) < 4.78 is 38.4. The summed E-state index contributed by atoms with van der Waals surface area (Å²) in [4.78, 5) is 36.1. The van der Waals surface area contributed by atoms with Crippen LogP contribution in [0.3, 0.4) is 0 Å². The zero-order valence-electron chi connectivity index (χ0n) is 23.5. The Morgan fingerprint density at radius 1 is 1.12 bits per heavy atom. The molecule has 0 saturated carbocycles. The van der Waals surface area contributed by atoms with E-state index in [9.17, 15) is 18.4 Å². The summed E-state index contributed by atoms with van der Waals surface area (Å²) in [6.45, 7) is 8.34. The number of aromatic nitrogens is 3. The topological polar surface area (TPSA) is 98.6 Å². The van der Waals surface area contributed by atoms with Crippen LogP contribution in [0, 0.1) is 5.92 Å². The number of ether oxygens (including phenoxy) is 2. The zero-order chi connectivity index (χ0) is 28.9. The summed E-state index contributed by atoms with van der Waals surface area (Å²) in [6.07, 6.45) is 0.549. The van der Waals surface area contributed by atoms with E-state index in [1.165, 1.54) is 12.1 Å². The van der Waals surface area contributed by atoms with Crippen LogP contribution in [0.4, 0.5) is 13.6 Å². The number of imidazole rings is 1. The van der Waals surface area contributed by atoms with Crippen LogP contribution in [0.5, 0.6) is 5.75 Å². The molecule has 2 amide bonds. The number of nitrogens with zero attached hydrogens (tertiary/aromatic N) is 4. The molecule has 4 rings (SSSR count). The van der Waals surface area contributed by atoms with Gasteiger partial charge in [-0.25, -0.2) is 14.8 Å². The molecule has 0 bridgehead atoms. The van der Waals surface area contributed by atoms with Crippen molar-refractivity contribution in [1.82, 2.24) is 24.8 Å². The van der Waals surface area contributed by atoms with Crippen LogP contribution in [0.1, 0.15) is 58.3 Å². The summed E-state index contributed by atoms with van der Waals surface area (Å²) in [5, 5.41) is 3.01. The van der Waals surface area contributed by atoms with Gasteiger partial charge < -0.3 is 24.3 Å². The van der Waals surface area contributed by atoms with E-state index in [2.05, 4.69) is 15.0 Å². The molecule has 0 spiro atoms. The molecule has 0 unspecified atom stereocenters. The van der Waals surface area contributed by atoms with Gasteiger partial charge in [0, 0.05) is 45.6 Å². The molecule has 9 nitrogen and oxygen atoms in total. The second-order valence-electron chi connectivity index (χ2n) is 11.3. The second kappa shape index (κ2) is 12.2. The molecule has 1 aliphatic rings. The molecule has 1 atom stereocenters. The van der Waals surface area contributed by atoms with Crippen LogP contribution in [-0.2, 0) is 22.5 Å². The fraction of sp³-hybridized carbons (Fsp3) is 0.517. The van der Waals surface area contributed by atoms with Crippen LogP contribution in [0.2, 0.25) is 0 Å². The molecule has 1 N–H and O–H groups in total. The normalized spacial score (nSPS) is 16.1. The maximum absolute atomic E-state index is 13.2. The van der Waals surface area contributed by atoms with Crippen molar-refractivity contribution in [3.63, 3.8) is 0 Å². The van der Waals surface area contributed by atoms with Crippen LogP contribution >= 0.6 is 0 Å². The molecule has 3 aromatic rings. The van der Waals surface area contributed by atoms with E-state index in [-0.39, 0.29) is 30.1 Å². The average Bonchev–Trinajstić information content (AvgIpc) is 3.23. The van der Waals surface area contributed by atoms with Crippen molar-refractivity contribution in [1.29, 1.82) is 0 Å². The number of fused-ring (bicyclic) bond motifs is 1. The number of hydrogen-bond donors (Lipinski definition) is 1. The highest BCUT2D eigenvalue weighted by Gasteiger charge is 2.28. The SMILES string of the molecule is CC(C)(C)OC(=O)N1CCC[C@H](CNC(=O)CCc2nc3cccnc3n2Cc2ccc(OC(C)(F)F)cc2)C1. The number of likely N-dealkylation sites (tertiary alicyclic amines) is 1. The second-order valence-corrected chi connectivity index (χ2v) is 11.3. The van der Waals surface area contributed by atoms with Crippen molar-refractivity contribution in [2.24, 2.45) is 5.92 Å². The molecule has 0 radical (unpaired) electrons. The van der Waals surface area contributed by atoms with Crippen molar-refractivity contribution in [2.75, 3.05) is 19.6 Å². The lowest BCUT2D eigenvalue weighted by Crippen LogP contribution is -2.45. The van der Waals surface area contributed by atoms with Crippen molar-refractivity contribution in [3.8, 4) is 5.75 Å². The lowest BCUT2D eigenvalue weighted by atomic mass is 9.98. The van der Waals surface area contributed by atoms with E-state index in [1.54, 1.807) is 29.3 Å². The van der Waals surface area contributed by atoms with Gasteiger partial charge in [0.1, 0.15) is 22.7 Å². The minimum absolute atomic E-state index is 0.0777. The summed E-state index contributed by atoms with van der Waals surface area (Å²) in [5.74, 6) is 0.855. The first-order chi connectivity index (χ1) is 18.9. The number of amides is 2. The molecule has 1 saturated heterocycles. The Hall–Kier alpha value is -3.76.